The first kappa shape index (κ1) is 25.3. The number of carbonyl (C=O) groups is 1. The van der Waals surface area contributed by atoms with Gasteiger partial charge in [-0.15, -0.1) is 0 Å². The molecule has 1 heterocycles. The second-order valence-corrected chi connectivity index (χ2v) is 21.3. The van der Waals surface area contributed by atoms with Crippen LogP contribution < -0.4 is 5.38 Å². The highest BCUT2D eigenvalue weighted by atomic mass is 28.3. The van der Waals surface area contributed by atoms with Crippen molar-refractivity contribution in [2.24, 2.45) is 11.8 Å². The maximum Gasteiger partial charge on any atom is 0.309 e. The first-order valence-electron chi connectivity index (χ1n) is 10.6. The summed E-state index contributed by atoms with van der Waals surface area (Å²) in [5, 5.41) is 33.4. The van der Waals surface area contributed by atoms with Crippen molar-refractivity contribution in [1.82, 2.24) is 0 Å². The minimum absolute atomic E-state index is 0.117. The molecule has 1 aliphatic carbocycles. The molecule has 0 saturated heterocycles. The van der Waals surface area contributed by atoms with Gasteiger partial charge >= 0.3 is 5.97 Å². The molecule has 0 radical (unpaired) electrons. The molecule has 5 atom stereocenters. The van der Waals surface area contributed by atoms with Crippen LogP contribution in [0.15, 0.2) is 16.7 Å². The van der Waals surface area contributed by atoms with Crippen molar-refractivity contribution in [2.45, 2.75) is 76.5 Å². The highest BCUT2D eigenvalue weighted by Crippen LogP contribution is 2.46. The van der Waals surface area contributed by atoms with Crippen molar-refractivity contribution >= 4 is 27.5 Å². The number of aliphatic carboxylic acids is 1. The zero-order valence-electron chi connectivity index (χ0n) is 19.3. The van der Waals surface area contributed by atoms with Crippen LogP contribution in [0.4, 0.5) is 0 Å². The van der Waals surface area contributed by atoms with E-state index in [0.29, 0.717) is 17.6 Å². The highest BCUT2D eigenvalue weighted by Gasteiger charge is 2.59. The zero-order valence-corrected chi connectivity index (χ0v) is 21.3. The van der Waals surface area contributed by atoms with Crippen LogP contribution in [0.25, 0.3) is 0 Å². The lowest BCUT2D eigenvalue weighted by molar-refractivity contribution is -0.246. The molecule has 0 amide bonds. The summed E-state index contributed by atoms with van der Waals surface area (Å²) in [6.07, 6.45) is -0.553. The first-order valence-corrected chi connectivity index (χ1v) is 17.8. The molecule has 172 valence electrons. The highest BCUT2D eigenvalue weighted by molar-refractivity contribution is 6.88. The molecule has 0 bridgehead atoms. The fourth-order valence-electron chi connectivity index (χ4n) is 4.07. The molecule has 2 rings (SSSR count). The number of ether oxygens (including phenoxy) is 2. The van der Waals surface area contributed by atoms with Crippen LogP contribution in [0, 0.1) is 11.8 Å². The van der Waals surface area contributed by atoms with Crippen molar-refractivity contribution in [2.75, 3.05) is 13.4 Å². The van der Waals surface area contributed by atoms with Gasteiger partial charge in [-0.1, -0.05) is 46.2 Å². The van der Waals surface area contributed by atoms with Gasteiger partial charge in [0.05, 0.1) is 23.7 Å². The van der Waals surface area contributed by atoms with Gasteiger partial charge in [0.2, 0.25) is 0 Å². The van der Waals surface area contributed by atoms with Crippen molar-refractivity contribution in [3.8, 4) is 0 Å². The Morgan fingerprint density at radius 2 is 1.90 bits per heavy atom. The quantitative estimate of drug-likeness (QED) is 0.296. The second-order valence-electron chi connectivity index (χ2n) is 10.8. The van der Waals surface area contributed by atoms with Crippen LogP contribution in [-0.2, 0) is 19.9 Å². The lowest BCUT2D eigenvalue weighted by Crippen LogP contribution is -2.63. The Kier molecular flexibility index (Phi) is 7.80. The van der Waals surface area contributed by atoms with Gasteiger partial charge in [-0.25, -0.2) is 0 Å². The molecule has 1 saturated carbocycles. The smallest absolute Gasteiger partial charge is 0.309 e. The van der Waals surface area contributed by atoms with E-state index in [9.17, 15) is 20.1 Å². The van der Waals surface area contributed by atoms with Crippen molar-refractivity contribution in [3.63, 3.8) is 0 Å². The Morgan fingerprint density at radius 1 is 1.27 bits per heavy atom. The van der Waals surface area contributed by atoms with Gasteiger partial charge in [0.15, 0.2) is 0 Å². The van der Waals surface area contributed by atoms with Crippen molar-refractivity contribution < 1.29 is 34.0 Å². The summed E-state index contributed by atoms with van der Waals surface area (Å²) in [5.41, 5.74) is -1.50. The third-order valence-corrected chi connectivity index (χ3v) is 9.32. The molecule has 0 aromatic carbocycles. The molecular weight excluding hydrogens is 420 g/mol. The number of hydrogen-bond donors (Lipinski definition) is 3. The molecule has 1 aromatic rings. The number of carboxylic acid groups (broad SMARTS) is 1. The van der Waals surface area contributed by atoms with E-state index in [1.807, 2.05) is 0 Å². The normalized spacial score (nSPS) is 30.4. The topological polar surface area (TPSA) is 109 Å². The maximum atomic E-state index is 12.2. The van der Waals surface area contributed by atoms with E-state index in [-0.39, 0.29) is 19.1 Å². The average Bonchev–Trinajstić information content (AvgIpc) is 3.10. The standard InChI is InChI=1S/C21H38O7Si2/c1-14-12-16(19(23)24)21(25,15-8-9-27-20(15)30(5,6)7)18(17(14)22)28-13-26-10-11-29(2,3)4/h8-9,14,16-18,22,25H,10-13H2,1-7H3,(H,23,24)/t14-,16-,17+,18+,21+/m0/s1. The molecule has 9 heteroatoms. The van der Waals surface area contributed by atoms with Crippen molar-refractivity contribution in [1.29, 1.82) is 0 Å². The Labute approximate surface area is 181 Å². The molecule has 7 nitrogen and oxygen atoms in total. The molecule has 3 N–H and O–H groups in total. The predicted molar refractivity (Wildman–Crippen MR) is 120 cm³/mol. The molecule has 1 aliphatic rings. The van der Waals surface area contributed by atoms with E-state index >= 15 is 0 Å². The fourth-order valence-corrected chi connectivity index (χ4v) is 6.34. The van der Waals surface area contributed by atoms with Gasteiger partial charge in [-0.3, -0.25) is 4.79 Å². The number of carboxylic acids is 1. The van der Waals surface area contributed by atoms with Gasteiger partial charge in [-0.05, 0) is 24.4 Å². The van der Waals surface area contributed by atoms with E-state index < -0.39 is 45.8 Å². The van der Waals surface area contributed by atoms with Crippen LogP contribution in [0.2, 0.25) is 45.3 Å². The zero-order chi connectivity index (χ0) is 22.9. The van der Waals surface area contributed by atoms with Crippen LogP contribution >= 0.6 is 0 Å². The molecule has 0 unspecified atom stereocenters. The number of hydrogen-bond acceptors (Lipinski definition) is 6. The summed E-state index contributed by atoms with van der Waals surface area (Å²) in [4.78, 5) is 12.2. The largest absolute Gasteiger partial charge is 0.481 e. The SMILES string of the molecule is C[C@H]1C[C@@H](C(=O)O)[C@](O)(c2ccoc2[Si](C)(C)C)[C@H](OCOCC[Si](C)(C)C)[C@@H]1O. The van der Waals surface area contributed by atoms with E-state index in [2.05, 4.69) is 39.3 Å². The molecule has 1 aromatic heterocycles. The van der Waals surface area contributed by atoms with E-state index in [1.54, 1.807) is 13.0 Å². The predicted octanol–water partition coefficient (Wildman–Crippen LogP) is 2.81. The molecular formula is C21H38O7Si2. The second kappa shape index (κ2) is 9.26. The summed E-state index contributed by atoms with van der Waals surface area (Å²) >= 11 is 0. The lowest BCUT2D eigenvalue weighted by Gasteiger charge is -2.48. The molecule has 0 spiro atoms. The summed E-state index contributed by atoms with van der Waals surface area (Å²) in [5.74, 6) is -2.59. The lowest BCUT2D eigenvalue weighted by atomic mass is 9.65. The fraction of sp³-hybridized carbons (Fsp3) is 0.762. The summed E-state index contributed by atoms with van der Waals surface area (Å²) in [6.45, 7) is 15.1. The third-order valence-electron chi connectivity index (χ3n) is 5.87. The minimum Gasteiger partial charge on any atom is -0.481 e. The van der Waals surface area contributed by atoms with Crippen LogP contribution in [-0.4, -0.2) is 63.0 Å². The number of aliphatic hydroxyl groups is 2. The minimum atomic E-state index is -2.04. The average molecular weight is 459 g/mol. The van der Waals surface area contributed by atoms with Gasteiger partial charge in [-0.2, -0.15) is 0 Å². The number of aliphatic hydroxyl groups excluding tert-OH is 1. The van der Waals surface area contributed by atoms with Gasteiger partial charge in [0.25, 0.3) is 0 Å². The van der Waals surface area contributed by atoms with Crippen molar-refractivity contribution in [3.05, 3.63) is 17.9 Å². The van der Waals surface area contributed by atoms with Crippen LogP contribution in [0.1, 0.15) is 18.9 Å². The van der Waals surface area contributed by atoms with Gasteiger partial charge < -0.3 is 29.2 Å². The third kappa shape index (κ3) is 5.44. The van der Waals surface area contributed by atoms with Gasteiger partial charge in [0.1, 0.15) is 26.6 Å². The summed E-state index contributed by atoms with van der Waals surface area (Å²) in [6, 6.07) is 2.58. The monoisotopic (exact) mass is 458 g/mol. The Morgan fingerprint density at radius 3 is 2.43 bits per heavy atom. The molecule has 30 heavy (non-hydrogen) atoms. The van der Waals surface area contributed by atoms with E-state index in [0.717, 1.165) is 6.04 Å². The van der Waals surface area contributed by atoms with Gasteiger partial charge in [0, 0.05) is 20.2 Å². The maximum absolute atomic E-state index is 12.2. The number of furan rings is 1. The summed E-state index contributed by atoms with van der Waals surface area (Å²) < 4.78 is 17.2. The Bertz CT molecular complexity index is 722. The first-order chi connectivity index (χ1) is 13.7. The van der Waals surface area contributed by atoms with Crippen LogP contribution in [0.3, 0.4) is 0 Å². The van der Waals surface area contributed by atoms with E-state index in [4.69, 9.17) is 13.9 Å². The number of rotatable bonds is 9. The van der Waals surface area contributed by atoms with E-state index in [1.165, 1.54) is 6.26 Å². The van der Waals surface area contributed by atoms with Crippen LogP contribution in [0.5, 0.6) is 0 Å². The molecule has 1 fully saturated rings. The Hall–Kier alpha value is -0.976. The molecule has 0 aliphatic heterocycles. The Balaban J connectivity index is 2.37. The summed E-state index contributed by atoms with van der Waals surface area (Å²) in [7, 11) is -3.30.